The van der Waals surface area contributed by atoms with Gasteiger partial charge in [-0.25, -0.2) is 9.37 Å². The average molecular weight is 320 g/mol. The molecule has 2 aliphatic rings. The first-order chi connectivity index (χ1) is 11.1. The van der Waals surface area contributed by atoms with Crippen LogP contribution in [0.4, 0.5) is 14.6 Å². The minimum atomic E-state index is -0.916. The summed E-state index contributed by atoms with van der Waals surface area (Å²) in [4.78, 5) is 13.9. The number of pyridine rings is 1. The number of fused-ring (bicyclic) bond motifs is 2. The van der Waals surface area contributed by atoms with Crippen molar-refractivity contribution in [2.45, 2.75) is 51.7 Å². The van der Waals surface area contributed by atoms with Crippen LogP contribution in [0.15, 0.2) is 0 Å². The number of ether oxygens (including phenoxy) is 1. The van der Waals surface area contributed by atoms with Gasteiger partial charge in [0.15, 0.2) is 5.82 Å². The zero-order valence-corrected chi connectivity index (χ0v) is 13.1. The second-order valence-electron chi connectivity index (χ2n) is 6.29. The van der Waals surface area contributed by atoms with E-state index in [1.807, 2.05) is 6.92 Å². The normalized spacial score (nSPS) is 23.9. The van der Waals surface area contributed by atoms with Crippen LogP contribution < -0.4 is 9.64 Å². The average Bonchev–Trinajstić information content (AvgIpc) is 2.81. The van der Waals surface area contributed by atoms with Crippen molar-refractivity contribution in [2.24, 2.45) is 0 Å². The van der Waals surface area contributed by atoms with Crippen molar-refractivity contribution in [3.05, 3.63) is 17.6 Å². The van der Waals surface area contributed by atoms with Crippen molar-refractivity contribution in [1.82, 2.24) is 15.0 Å². The molecule has 0 aliphatic carbocycles. The predicted molar refractivity (Wildman–Crippen MR) is 81.7 cm³/mol. The molecule has 2 aromatic heterocycles. The Balaban J connectivity index is 2.04. The van der Waals surface area contributed by atoms with E-state index in [1.165, 1.54) is 6.92 Å². The molecule has 23 heavy (non-hydrogen) atoms. The van der Waals surface area contributed by atoms with Crippen molar-refractivity contribution in [2.75, 3.05) is 11.4 Å². The van der Waals surface area contributed by atoms with Gasteiger partial charge in [0.2, 0.25) is 5.88 Å². The molecule has 122 valence electrons. The lowest BCUT2D eigenvalue weighted by atomic mass is 10.1. The molecule has 0 aromatic carbocycles. The Morgan fingerprint density at radius 3 is 2.78 bits per heavy atom. The summed E-state index contributed by atoms with van der Waals surface area (Å²) in [6.45, 7) is 4.26. The Morgan fingerprint density at radius 1 is 1.13 bits per heavy atom. The predicted octanol–water partition coefficient (Wildman–Crippen LogP) is 3.14. The lowest BCUT2D eigenvalue weighted by molar-refractivity contribution is 0.179. The summed E-state index contributed by atoms with van der Waals surface area (Å²) in [6, 6.07) is 0.0765. The fraction of sp³-hybridized carbons (Fsp3) is 0.562. The zero-order valence-electron chi connectivity index (χ0n) is 13.1. The number of nitrogens with zero attached hydrogens (tertiary/aromatic N) is 4. The van der Waals surface area contributed by atoms with E-state index >= 15 is 0 Å². The van der Waals surface area contributed by atoms with Crippen LogP contribution in [0.2, 0.25) is 0 Å². The minimum Gasteiger partial charge on any atom is -0.472 e. The van der Waals surface area contributed by atoms with Crippen molar-refractivity contribution in [1.29, 1.82) is 0 Å². The molecule has 1 fully saturated rings. The van der Waals surface area contributed by atoms with Gasteiger partial charge in [-0.05, 0) is 26.7 Å². The Bertz CT molecular complexity index is 782. The summed E-state index contributed by atoms with van der Waals surface area (Å²) >= 11 is 0. The van der Waals surface area contributed by atoms with Gasteiger partial charge >= 0.3 is 6.08 Å². The second-order valence-corrected chi connectivity index (χ2v) is 6.29. The molecular weight excluding hydrogens is 302 g/mol. The van der Waals surface area contributed by atoms with Crippen LogP contribution in [0.3, 0.4) is 0 Å². The van der Waals surface area contributed by atoms with Gasteiger partial charge in [0.25, 0.3) is 0 Å². The van der Waals surface area contributed by atoms with Crippen molar-refractivity contribution in [3.8, 4) is 5.88 Å². The van der Waals surface area contributed by atoms with E-state index in [2.05, 4.69) is 19.9 Å². The van der Waals surface area contributed by atoms with Gasteiger partial charge in [0.05, 0.1) is 11.7 Å². The topological polar surface area (TPSA) is 51.1 Å². The molecule has 0 bridgehead atoms. The molecular formula is C16H18F2N4O. The number of rotatable bonds is 0. The van der Waals surface area contributed by atoms with Gasteiger partial charge in [0, 0.05) is 6.54 Å². The summed E-state index contributed by atoms with van der Waals surface area (Å²) in [5, 5.41) is 0.380. The third-order valence-electron chi connectivity index (χ3n) is 4.78. The number of halogens is 2. The lowest BCUT2D eigenvalue weighted by Crippen LogP contribution is -2.44. The first kappa shape index (κ1) is 14.5. The molecule has 0 saturated carbocycles. The molecule has 0 amide bonds. The Labute approximate surface area is 132 Å². The maximum atomic E-state index is 14.4. The van der Waals surface area contributed by atoms with Gasteiger partial charge in [-0.2, -0.15) is 14.4 Å². The van der Waals surface area contributed by atoms with Crippen molar-refractivity contribution < 1.29 is 13.5 Å². The zero-order chi connectivity index (χ0) is 16.1. The molecule has 4 heterocycles. The monoisotopic (exact) mass is 320 g/mol. The molecule has 0 unspecified atom stereocenters. The van der Waals surface area contributed by atoms with E-state index in [0.717, 1.165) is 32.2 Å². The Hall–Kier alpha value is -2.05. The number of aryl methyl sites for hydroxylation is 1. The fourth-order valence-corrected chi connectivity index (χ4v) is 3.64. The second kappa shape index (κ2) is 5.25. The highest BCUT2D eigenvalue weighted by Gasteiger charge is 2.35. The van der Waals surface area contributed by atoms with E-state index in [1.54, 1.807) is 0 Å². The van der Waals surface area contributed by atoms with Crippen LogP contribution in [0.5, 0.6) is 5.88 Å². The fourth-order valence-electron chi connectivity index (χ4n) is 3.64. The van der Waals surface area contributed by atoms with E-state index in [-0.39, 0.29) is 23.4 Å². The number of anilines is 1. The smallest absolute Gasteiger partial charge is 0.311 e. The van der Waals surface area contributed by atoms with Crippen molar-refractivity contribution in [3.63, 3.8) is 0 Å². The summed E-state index contributed by atoms with van der Waals surface area (Å²) in [5.74, 6) is 0.0930. The third kappa shape index (κ3) is 2.21. The van der Waals surface area contributed by atoms with Gasteiger partial charge < -0.3 is 9.64 Å². The number of hydrogen-bond acceptors (Lipinski definition) is 5. The SMILES string of the molecule is Cc1nc2c3c(nc(F)nc3c1F)N1CCCCC[C@H]1[C@H](C)O2. The molecule has 2 atom stereocenters. The maximum absolute atomic E-state index is 14.4. The third-order valence-corrected chi connectivity index (χ3v) is 4.78. The van der Waals surface area contributed by atoms with Crippen LogP contribution in [0, 0.1) is 18.8 Å². The van der Waals surface area contributed by atoms with E-state index in [0.29, 0.717) is 17.1 Å². The largest absolute Gasteiger partial charge is 0.472 e. The van der Waals surface area contributed by atoms with Crippen molar-refractivity contribution >= 4 is 16.7 Å². The van der Waals surface area contributed by atoms with Gasteiger partial charge in [-0.3, -0.25) is 0 Å². The molecule has 4 rings (SSSR count). The van der Waals surface area contributed by atoms with E-state index < -0.39 is 11.9 Å². The molecule has 0 radical (unpaired) electrons. The quantitative estimate of drug-likeness (QED) is 0.698. The van der Waals surface area contributed by atoms with E-state index in [9.17, 15) is 8.78 Å². The van der Waals surface area contributed by atoms with Gasteiger partial charge in [-0.15, -0.1) is 0 Å². The summed E-state index contributed by atoms with van der Waals surface area (Å²) < 4.78 is 34.4. The highest BCUT2D eigenvalue weighted by Crippen LogP contribution is 2.39. The molecule has 1 saturated heterocycles. The molecule has 5 nitrogen and oxygen atoms in total. The first-order valence-electron chi connectivity index (χ1n) is 8.03. The molecule has 7 heteroatoms. The maximum Gasteiger partial charge on any atom is 0.311 e. The highest BCUT2D eigenvalue weighted by atomic mass is 19.1. The standard InChI is InChI=1S/C16H18F2N4O/c1-8-12(17)13-11-14(21-16(18)20-13)22-7-5-3-4-6-10(22)9(2)23-15(11)19-8/h9-10H,3-7H2,1-2H3/t9-,10-/m0/s1. The minimum absolute atomic E-state index is 0.0490. The summed E-state index contributed by atoms with van der Waals surface area (Å²) in [5.41, 5.74) is 0.105. The Kier molecular flexibility index (Phi) is 3.32. The Morgan fingerprint density at radius 2 is 1.96 bits per heavy atom. The molecule has 0 N–H and O–H groups in total. The van der Waals surface area contributed by atoms with Crippen LogP contribution in [-0.4, -0.2) is 33.6 Å². The lowest BCUT2D eigenvalue weighted by Gasteiger charge is -2.32. The van der Waals surface area contributed by atoms with Gasteiger partial charge in [-0.1, -0.05) is 12.8 Å². The molecule has 0 spiro atoms. The summed E-state index contributed by atoms with van der Waals surface area (Å²) in [7, 11) is 0. The van der Waals surface area contributed by atoms with Gasteiger partial charge in [0.1, 0.15) is 22.8 Å². The molecule has 2 aliphatic heterocycles. The van der Waals surface area contributed by atoms with E-state index in [4.69, 9.17) is 4.74 Å². The summed E-state index contributed by atoms with van der Waals surface area (Å²) in [6.07, 6.45) is 3.08. The highest BCUT2D eigenvalue weighted by molar-refractivity contribution is 5.94. The van der Waals surface area contributed by atoms with Crippen LogP contribution in [-0.2, 0) is 0 Å². The van der Waals surface area contributed by atoms with Crippen LogP contribution in [0.25, 0.3) is 10.9 Å². The van der Waals surface area contributed by atoms with Crippen LogP contribution in [0.1, 0.15) is 38.3 Å². The number of aromatic nitrogens is 3. The van der Waals surface area contributed by atoms with Crippen LogP contribution >= 0.6 is 0 Å². The number of hydrogen-bond donors (Lipinski definition) is 0. The molecule has 2 aromatic rings. The first-order valence-corrected chi connectivity index (χ1v) is 8.03.